The van der Waals surface area contributed by atoms with Crippen molar-refractivity contribution in [3.05, 3.63) is 52.8 Å². The molecular weight excluding hydrogens is 453 g/mol. The normalized spacial score (nSPS) is 11.1. The Morgan fingerprint density at radius 3 is 2.61 bits per heavy atom. The Morgan fingerprint density at radius 1 is 1.18 bits per heavy atom. The van der Waals surface area contributed by atoms with Gasteiger partial charge in [0.1, 0.15) is 5.75 Å². The first kappa shape index (κ1) is 22.2. The predicted molar refractivity (Wildman–Crippen MR) is 107 cm³/mol. The van der Waals surface area contributed by atoms with Crippen molar-refractivity contribution in [1.29, 1.82) is 0 Å². The van der Waals surface area contributed by atoms with Crippen LogP contribution in [-0.4, -0.2) is 52.3 Å². The maximum Gasteiger partial charge on any atom is 0.260 e. The summed E-state index contributed by atoms with van der Waals surface area (Å²) in [6.07, 6.45) is 1.67. The molecule has 2 rings (SSSR count). The number of halogens is 2. The lowest BCUT2D eigenvalue weighted by molar-refractivity contribution is -0.132. The van der Waals surface area contributed by atoms with Crippen LogP contribution in [0.5, 0.6) is 11.5 Å². The Morgan fingerprint density at radius 2 is 1.93 bits per heavy atom. The summed E-state index contributed by atoms with van der Waals surface area (Å²) in [4.78, 5) is 13.7. The fourth-order valence-corrected chi connectivity index (χ4v) is 3.24. The molecule has 0 fully saturated rings. The van der Waals surface area contributed by atoms with E-state index in [9.17, 15) is 17.6 Å². The van der Waals surface area contributed by atoms with Gasteiger partial charge in [-0.2, -0.15) is 0 Å². The molecule has 2 aromatic carbocycles. The lowest BCUT2D eigenvalue weighted by Gasteiger charge is -2.18. The minimum Gasteiger partial charge on any atom is -0.493 e. The number of nitrogens with zero attached hydrogens (tertiary/aromatic N) is 1. The van der Waals surface area contributed by atoms with Gasteiger partial charge in [0.05, 0.1) is 11.5 Å². The molecule has 0 bridgehead atoms. The number of amides is 1. The van der Waals surface area contributed by atoms with Gasteiger partial charge in [-0.1, -0.05) is 22.0 Å². The van der Waals surface area contributed by atoms with E-state index >= 15 is 0 Å². The van der Waals surface area contributed by atoms with Gasteiger partial charge in [0, 0.05) is 24.3 Å². The van der Waals surface area contributed by atoms with Crippen LogP contribution in [-0.2, 0) is 14.6 Å². The topological polar surface area (TPSA) is 72.9 Å². The number of rotatable bonds is 9. The molecule has 0 aromatic heterocycles. The second-order valence-corrected chi connectivity index (χ2v) is 9.06. The molecule has 0 radical (unpaired) electrons. The zero-order valence-electron chi connectivity index (χ0n) is 15.5. The van der Waals surface area contributed by atoms with Crippen LogP contribution in [0.25, 0.3) is 0 Å². The van der Waals surface area contributed by atoms with E-state index in [0.29, 0.717) is 29.8 Å². The Bertz CT molecular complexity index is 936. The zero-order valence-corrected chi connectivity index (χ0v) is 17.9. The third kappa shape index (κ3) is 6.79. The molecule has 152 valence electrons. The van der Waals surface area contributed by atoms with E-state index < -0.39 is 15.7 Å². The number of benzene rings is 2. The maximum atomic E-state index is 13.7. The lowest BCUT2D eigenvalue weighted by Crippen LogP contribution is -2.32. The van der Waals surface area contributed by atoms with E-state index in [1.807, 2.05) is 0 Å². The molecule has 0 aliphatic carbocycles. The Balaban J connectivity index is 1.74. The monoisotopic (exact) mass is 473 g/mol. The number of hydrogen-bond donors (Lipinski definition) is 0. The van der Waals surface area contributed by atoms with Crippen molar-refractivity contribution in [2.24, 2.45) is 0 Å². The molecule has 0 aliphatic heterocycles. The van der Waals surface area contributed by atoms with Crippen LogP contribution < -0.4 is 9.47 Å². The van der Waals surface area contributed by atoms with Crippen molar-refractivity contribution in [3.8, 4) is 11.5 Å². The molecule has 0 spiro atoms. The third-order valence-electron chi connectivity index (χ3n) is 3.81. The van der Waals surface area contributed by atoms with Gasteiger partial charge < -0.3 is 14.4 Å². The molecule has 0 aliphatic rings. The smallest absolute Gasteiger partial charge is 0.260 e. The van der Waals surface area contributed by atoms with E-state index in [4.69, 9.17) is 9.47 Å². The minimum atomic E-state index is -3.29. The highest BCUT2D eigenvalue weighted by atomic mass is 79.9. The van der Waals surface area contributed by atoms with Crippen LogP contribution in [0.2, 0.25) is 0 Å². The molecule has 0 N–H and O–H groups in total. The van der Waals surface area contributed by atoms with Gasteiger partial charge in [0.25, 0.3) is 5.91 Å². The van der Waals surface area contributed by atoms with Gasteiger partial charge in [-0.15, -0.1) is 0 Å². The lowest BCUT2D eigenvalue weighted by atomic mass is 10.3. The number of sulfone groups is 1. The largest absolute Gasteiger partial charge is 0.493 e. The van der Waals surface area contributed by atoms with E-state index in [-0.39, 0.29) is 23.2 Å². The van der Waals surface area contributed by atoms with E-state index in [1.54, 1.807) is 25.2 Å². The van der Waals surface area contributed by atoms with Crippen LogP contribution in [0.4, 0.5) is 4.39 Å². The van der Waals surface area contributed by atoms with Gasteiger partial charge in [-0.3, -0.25) is 4.79 Å². The van der Waals surface area contributed by atoms with Crippen LogP contribution in [0.15, 0.2) is 51.8 Å². The molecule has 0 heterocycles. The first-order chi connectivity index (χ1) is 13.2. The number of carbonyl (C=O) groups is 1. The molecule has 0 saturated heterocycles. The quantitative estimate of drug-likeness (QED) is 0.522. The van der Waals surface area contributed by atoms with Crippen molar-refractivity contribution in [2.45, 2.75) is 11.3 Å². The second-order valence-electron chi connectivity index (χ2n) is 6.13. The van der Waals surface area contributed by atoms with Gasteiger partial charge in [-0.05, 0) is 42.8 Å². The summed E-state index contributed by atoms with van der Waals surface area (Å²) in [7, 11) is -1.67. The van der Waals surface area contributed by atoms with Crippen molar-refractivity contribution in [3.63, 3.8) is 0 Å². The summed E-state index contributed by atoms with van der Waals surface area (Å²) in [5, 5.41) is 0. The summed E-state index contributed by atoms with van der Waals surface area (Å²) in [5.41, 5.74) is 0. The molecule has 6 nitrogen and oxygen atoms in total. The average molecular weight is 474 g/mol. The highest BCUT2D eigenvalue weighted by molar-refractivity contribution is 9.10. The van der Waals surface area contributed by atoms with E-state index in [2.05, 4.69) is 15.9 Å². The van der Waals surface area contributed by atoms with Crippen LogP contribution in [0.1, 0.15) is 6.42 Å². The Labute approximate surface area is 172 Å². The predicted octanol–water partition coefficient (Wildman–Crippen LogP) is 3.30. The molecule has 9 heteroatoms. The molecule has 0 unspecified atom stereocenters. The van der Waals surface area contributed by atoms with Crippen molar-refractivity contribution >= 4 is 31.7 Å². The number of likely N-dealkylation sites (N-methyl/N-ethyl adjacent to an activating group) is 1. The highest BCUT2D eigenvalue weighted by Crippen LogP contribution is 2.21. The van der Waals surface area contributed by atoms with Gasteiger partial charge in [0.2, 0.25) is 0 Å². The maximum absolute atomic E-state index is 13.7. The number of ether oxygens (including phenoxy) is 2. The third-order valence-corrected chi connectivity index (χ3v) is 5.41. The highest BCUT2D eigenvalue weighted by Gasteiger charge is 2.12. The van der Waals surface area contributed by atoms with E-state index in [1.165, 1.54) is 29.2 Å². The zero-order chi connectivity index (χ0) is 20.7. The molecular formula is C19H21BrFNO5S. The van der Waals surface area contributed by atoms with Gasteiger partial charge in [-0.25, -0.2) is 12.8 Å². The molecule has 1 amide bonds. The first-order valence-electron chi connectivity index (χ1n) is 8.41. The average Bonchev–Trinajstić information content (AvgIpc) is 2.63. The van der Waals surface area contributed by atoms with Crippen molar-refractivity contribution < 1.29 is 27.1 Å². The van der Waals surface area contributed by atoms with Gasteiger partial charge >= 0.3 is 0 Å². The van der Waals surface area contributed by atoms with Crippen LogP contribution in [0.3, 0.4) is 0 Å². The van der Waals surface area contributed by atoms with E-state index in [0.717, 1.165) is 6.26 Å². The second kappa shape index (κ2) is 9.88. The number of hydrogen-bond acceptors (Lipinski definition) is 5. The molecule has 0 saturated carbocycles. The van der Waals surface area contributed by atoms with Crippen LogP contribution in [0, 0.1) is 5.82 Å². The Kier molecular flexibility index (Phi) is 7.82. The SMILES string of the molecule is CN(CCCOc1cccc(S(C)(=O)=O)c1)C(=O)COc1ccc(Br)cc1F. The fourth-order valence-electron chi connectivity index (χ4n) is 2.25. The summed E-state index contributed by atoms with van der Waals surface area (Å²) in [6.45, 7) is 0.454. The van der Waals surface area contributed by atoms with Crippen LogP contribution >= 0.6 is 15.9 Å². The summed E-state index contributed by atoms with van der Waals surface area (Å²) in [5.74, 6) is -0.374. The van der Waals surface area contributed by atoms with Crippen molar-refractivity contribution in [2.75, 3.05) is 33.1 Å². The molecule has 28 heavy (non-hydrogen) atoms. The summed E-state index contributed by atoms with van der Waals surface area (Å²) in [6, 6.07) is 10.6. The first-order valence-corrected chi connectivity index (χ1v) is 11.1. The fraction of sp³-hybridized carbons (Fsp3) is 0.316. The molecule has 0 atom stereocenters. The summed E-state index contributed by atoms with van der Waals surface area (Å²) < 4.78 is 48.1. The standard InChI is InChI=1S/C19H21BrFNO5S/c1-22(19(23)13-27-18-8-7-14(20)11-17(18)21)9-4-10-26-15-5-3-6-16(12-15)28(2,24)25/h3,5-8,11-12H,4,9-10,13H2,1-2H3. The minimum absolute atomic E-state index is 0.0130. The molecule has 2 aromatic rings. The van der Waals surface area contributed by atoms with Gasteiger partial charge in [0.15, 0.2) is 28.0 Å². The van der Waals surface area contributed by atoms with Crippen molar-refractivity contribution in [1.82, 2.24) is 4.90 Å². The summed E-state index contributed by atoms with van der Waals surface area (Å²) >= 11 is 3.15. The number of carbonyl (C=O) groups excluding carboxylic acids is 1. The Hall–Kier alpha value is -2.13.